The van der Waals surface area contributed by atoms with Gasteiger partial charge >= 0.3 is 5.97 Å². The van der Waals surface area contributed by atoms with Crippen LogP contribution < -0.4 is 0 Å². The fourth-order valence-corrected chi connectivity index (χ4v) is 4.29. The van der Waals surface area contributed by atoms with Crippen molar-refractivity contribution in [1.29, 1.82) is 0 Å². The third kappa shape index (κ3) is 5.76. The molecule has 1 aliphatic rings. The Bertz CT molecular complexity index is 691. The largest absolute Gasteiger partial charge is 0.507 e. The van der Waals surface area contributed by atoms with Crippen LogP contribution in [0.25, 0.3) is 6.08 Å². The zero-order chi connectivity index (χ0) is 20.4. The molecule has 0 bridgehead atoms. The molecule has 0 atom stereocenters. The lowest BCUT2D eigenvalue weighted by atomic mass is 9.78. The number of thioether (sulfide) groups is 1. The number of benzene rings is 1. The first-order valence-electron chi connectivity index (χ1n) is 9.42. The van der Waals surface area contributed by atoms with Crippen LogP contribution in [0.5, 0.6) is 5.75 Å². The van der Waals surface area contributed by atoms with Gasteiger partial charge in [0.15, 0.2) is 0 Å². The van der Waals surface area contributed by atoms with Crippen molar-refractivity contribution in [3.8, 4) is 5.75 Å². The zero-order valence-electron chi connectivity index (χ0n) is 17.7. The van der Waals surface area contributed by atoms with Gasteiger partial charge in [0, 0.05) is 30.0 Å². The van der Waals surface area contributed by atoms with Gasteiger partial charge in [-0.3, -0.25) is 9.69 Å². The van der Waals surface area contributed by atoms with Crippen LogP contribution in [0.3, 0.4) is 0 Å². The second-order valence-electron chi connectivity index (χ2n) is 9.21. The Morgan fingerprint density at radius 1 is 1.19 bits per heavy atom. The first kappa shape index (κ1) is 21.8. The Kier molecular flexibility index (Phi) is 6.69. The number of hydrogen-bond acceptors (Lipinski definition) is 5. The van der Waals surface area contributed by atoms with Crippen molar-refractivity contribution >= 4 is 23.8 Å². The molecule has 4 nitrogen and oxygen atoms in total. The Morgan fingerprint density at radius 2 is 1.74 bits per heavy atom. The second kappa shape index (κ2) is 8.27. The SMILES string of the molecule is COC(=O)CN1CCS/C(=C/c2cc(C(C)(C)C)c(O)c(C(C)(C)C)c2)C1. The predicted molar refractivity (Wildman–Crippen MR) is 114 cm³/mol. The molecule has 0 saturated carbocycles. The third-order valence-corrected chi connectivity index (χ3v) is 5.74. The topological polar surface area (TPSA) is 49.8 Å². The summed E-state index contributed by atoms with van der Waals surface area (Å²) in [5.41, 5.74) is 2.75. The van der Waals surface area contributed by atoms with Gasteiger partial charge in [-0.25, -0.2) is 0 Å². The average Bonchev–Trinajstić information content (AvgIpc) is 2.54. The first-order valence-corrected chi connectivity index (χ1v) is 10.4. The van der Waals surface area contributed by atoms with Gasteiger partial charge in [-0.1, -0.05) is 41.5 Å². The maximum Gasteiger partial charge on any atom is 0.319 e. The minimum Gasteiger partial charge on any atom is -0.507 e. The summed E-state index contributed by atoms with van der Waals surface area (Å²) in [6, 6.07) is 4.19. The lowest BCUT2D eigenvalue weighted by Crippen LogP contribution is -2.36. The Morgan fingerprint density at radius 3 is 2.22 bits per heavy atom. The van der Waals surface area contributed by atoms with Crippen LogP contribution in [0, 0.1) is 0 Å². The number of methoxy groups -OCH3 is 1. The van der Waals surface area contributed by atoms with E-state index in [1.165, 1.54) is 12.0 Å². The highest BCUT2D eigenvalue weighted by Crippen LogP contribution is 2.40. The van der Waals surface area contributed by atoms with Crippen LogP contribution in [0.1, 0.15) is 58.2 Å². The van der Waals surface area contributed by atoms with E-state index in [4.69, 9.17) is 4.74 Å². The second-order valence-corrected chi connectivity index (χ2v) is 10.4. The van der Waals surface area contributed by atoms with Gasteiger partial charge in [0.2, 0.25) is 0 Å². The number of ether oxygens (including phenoxy) is 1. The average molecular weight is 392 g/mol. The van der Waals surface area contributed by atoms with Gasteiger partial charge in [0.1, 0.15) is 5.75 Å². The fourth-order valence-electron chi connectivity index (χ4n) is 3.19. The maximum atomic E-state index is 11.6. The normalized spacial score (nSPS) is 18.0. The van der Waals surface area contributed by atoms with Crippen LogP contribution in [0.2, 0.25) is 0 Å². The minimum atomic E-state index is -0.198. The first-order chi connectivity index (χ1) is 12.4. The summed E-state index contributed by atoms with van der Waals surface area (Å²) in [5.74, 6) is 1.16. The molecule has 5 heteroatoms. The van der Waals surface area contributed by atoms with E-state index in [9.17, 15) is 9.90 Å². The van der Waals surface area contributed by atoms with Crippen LogP contribution in [0.4, 0.5) is 0 Å². The number of phenols is 1. The summed E-state index contributed by atoms with van der Waals surface area (Å²) >= 11 is 1.83. The highest BCUT2D eigenvalue weighted by atomic mass is 32.2. The number of esters is 1. The van der Waals surface area contributed by atoms with Gasteiger partial charge in [-0.15, -0.1) is 11.8 Å². The van der Waals surface area contributed by atoms with E-state index in [0.29, 0.717) is 12.3 Å². The molecule has 1 saturated heterocycles. The number of carbonyl (C=O) groups excluding carboxylic acids is 1. The van der Waals surface area contributed by atoms with Crippen molar-refractivity contribution in [2.24, 2.45) is 0 Å². The Labute approximate surface area is 168 Å². The number of carbonyl (C=O) groups is 1. The summed E-state index contributed by atoms with van der Waals surface area (Å²) in [5, 5.41) is 10.9. The van der Waals surface area contributed by atoms with Crippen molar-refractivity contribution in [1.82, 2.24) is 4.90 Å². The summed E-state index contributed by atoms with van der Waals surface area (Å²) in [7, 11) is 1.43. The van der Waals surface area contributed by atoms with Crippen molar-refractivity contribution in [2.45, 2.75) is 52.4 Å². The summed E-state index contributed by atoms with van der Waals surface area (Å²) < 4.78 is 4.79. The molecule has 150 valence electrons. The Balaban J connectivity index is 2.40. The van der Waals surface area contributed by atoms with E-state index < -0.39 is 0 Å². The van der Waals surface area contributed by atoms with Crippen molar-refractivity contribution in [2.75, 3.05) is 32.5 Å². The molecule has 0 spiro atoms. The quantitative estimate of drug-likeness (QED) is 0.766. The summed E-state index contributed by atoms with van der Waals surface area (Å²) in [6.07, 6.45) is 2.19. The lowest BCUT2D eigenvalue weighted by molar-refractivity contribution is -0.141. The molecular weight excluding hydrogens is 358 g/mol. The maximum absolute atomic E-state index is 11.6. The van der Waals surface area contributed by atoms with Crippen LogP contribution in [0.15, 0.2) is 17.0 Å². The van der Waals surface area contributed by atoms with E-state index in [0.717, 1.165) is 35.5 Å². The van der Waals surface area contributed by atoms with Gasteiger partial charge < -0.3 is 9.84 Å². The zero-order valence-corrected chi connectivity index (χ0v) is 18.5. The molecule has 2 rings (SSSR count). The van der Waals surface area contributed by atoms with Crippen LogP contribution >= 0.6 is 11.8 Å². The monoisotopic (exact) mass is 391 g/mol. The smallest absolute Gasteiger partial charge is 0.319 e. The highest BCUT2D eigenvalue weighted by molar-refractivity contribution is 8.03. The molecule has 1 heterocycles. The molecule has 0 aromatic heterocycles. The molecule has 0 amide bonds. The van der Waals surface area contributed by atoms with E-state index >= 15 is 0 Å². The predicted octanol–water partition coefficient (Wildman–Crippen LogP) is 4.55. The molecule has 0 aliphatic carbocycles. The van der Waals surface area contributed by atoms with Gasteiger partial charge in [0.25, 0.3) is 0 Å². The molecule has 1 aliphatic heterocycles. The third-order valence-electron chi connectivity index (χ3n) is 4.73. The molecule has 1 fully saturated rings. The van der Waals surface area contributed by atoms with Crippen LogP contribution in [-0.4, -0.2) is 48.5 Å². The molecule has 27 heavy (non-hydrogen) atoms. The summed E-state index contributed by atoms with van der Waals surface area (Å²) in [6.45, 7) is 14.7. The van der Waals surface area contributed by atoms with Crippen LogP contribution in [-0.2, 0) is 20.4 Å². The summed E-state index contributed by atoms with van der Waals surface area (Å²) in [4.78, 5) is 14.9. The number of aromatic hydroxyl groups is 1. The molecule has 1 aromatic carbocycles. The fraction of sp³-hybridized carbons (Fsp3) is 0.591. The molecular formula is C22H33NO3S. The van der Waals surface area contributed by atoms with Gasteiger partial charge in [-0.05, 0) is 39.5 Å². The van der Waals surface area contributed by atoms with E-state index in [1.54, 1.807) is 0 Å². The number of rotatable bonds is 3. The van der Waals surface area contributed by atoms with Crippen molar-refractivity contribution < 1.29 is 14.6 Å². The molecule has 0 unspecified atom stereocenters. The molecule has 0 radical (unpaired) electrons. The number of nitrogens with zero attached hydrogens (tertiary/aromatic N) is 1. The number of hydrogen-bond donors (Lipinski definition) is 1. The molecule has 1 aromatic rings. The van der Waals surface area contributed by atoms with E-state index in [-0.39, 0.29) is 16.8 Å². The van der Waals surface area contributed by atoms with Gasteiger partial charge in [0.05, 0.1) is 13.7 Å². The minimum absolute atomic E-state index is 0.144. The number of phenolic OH excluding ortho intramolecular Hbond substituents is 1. The standard InChI is InChI=1S/C22H33NO3S/c1-21(2,3)17-11-15(12-18(20(17)25)22(4,5)6)10-16-13-23(8-9-27-16)14-19(24)26-7/h10-12,25H,8-9,13-14H2,1-7H3/b16-10+. The van der Waals surface area contributed by atoms with E-state index in [1.807, 2.05) is 11.8 Å². The van der Waals surface area contributed by atoms with Crippen molar-refractivity contribution in [3.05, 3.63) is 33.7 Å². The van der Waals surface area contributed by atoms with Gasteiger partial charge in [-0.2, -0.15) is 0 Å². The van der Waals surface area contributed by atoms with Crippen molar-refractivity contribution in [3.63, 3.8) is 0 Å². The highest BCUT2D eigenvalue weighted by Gasteiger charge is 2.26. The van der Waals surface area contributed by atoms with E-state index in [2.05, 4.69) is 64.7 Å². The molecule has 1 N–H and O–H groups in total. The lowest BCUT2D eigenvalue weighted by Gasteiger charge is -2.29. The Hall–Kier alpha value is -1.46.